The molecule has 0 aliphatic carbocycles. The molecule has 0 aliphatic rings. The van der Waals surface area contributed by atoms with Gasteiger partial charge in [0.15, 0.2) is 5.76 Å². The van der Waals surface area contributed by atoms with Crippen molar-refractivity contribution < 1.29 is 14.0 Å². The van der Waals surface area contributed by atoms with E-state index in [1.165, 1.54) is 11.8 Å². The van der Waals surface area contributed by atoms with Crippen LogP contribution in [0.25, 0.3) is 0 Å². The van der Waals surface area contributed by atoms with Gasteiger partial charge >= 0.3 is 0 Å². The third kappa shape index (κ3) is 6.99. The smallest absolute Gasteiger partial charge is 0.286 e. The molecule has 0 saturated heterocycles. The van der Waals surface area contributed by atoms with E-state index in [1.54, 1.807) is 17.0 Å². The first-order valence-corrected chi connectivity index (χ1v) is 8.04. The number of halogens is 1. The summed E-state index contributed by atoms with van der Waals surface area (Å²) in [5.74, 6) is -0.0936. The Morgan fingerprint density at radius 2 is 1.84 bits per heavy atom. The topological polar surface area (TPSA) is 88.6 Å². The zero-order valence-electron chi connectivity index (χ0n) is 14.0. The Morgan fingerprint density at radius 3 is 2.48 bits per heavy atom. The minimum atomic E-state index is -0.317. The van der Waals surface area contributed by atoms with Crippen LogP contribution in [0.3, 0.4) is 0 Å². The number of nitrogens with zero attached hydrogens (tertiary/aromatic N) is 1. The molecule has 3 N–H and O–H groups in total. The normalized spacial score (nSPS) is 9.96. The lowest BCUT2D eigenvalue weighted by atomic mass is 10.1. The summed E-state index contributed by atoms with van der Waals surface area (Å²) in [6, 6.07) is 13.2. The summed E-state index contributed by atoms with van der Waals surface area (Å²) in [5.41, 5.74) is 6.78. The highest BCUT2D eigenvalue weighted by molar-refractivity contribution is 5.91. The summed E-state index contributed by atoms with van der Waals surface area (Å²) in [7, 11) is 0. The van der Waals surface area contributed by atoms with E-state index in [9.17, 15) is 9.59 Å². The number of hydrogen-bond donors (Lipinski definition) is 2. The molecular weight excluding hydrogens is 342 g/mol. The fourth-order valence-corrected chi connectivity index (χ4v) is 2.36. The highest BCUT2D eigenvalue weighted by Gasteiger charge is 2.14. The Hall–Kier alpha value is -2.31. The van der Waals surface area contributed by atoms with Crippen molar-refractivity contribution in [2.45, 2.75) is 12.8 Å². The van der Waals surface area contributed by atoms with Crippen LogP contribution in [0.1, 0.15) is 22.5 Å². The minimum Gasteiger partial charge on any atom is -0.459 e. The lowest BCUT2D eigenvalue weighted by Crippen LogP contribution is -2.38. The number of carbonyl (C=O) groups is 2. The third-order valence-electron chi connectivity index (χ3n) is 3.63. The van der Waals surface area contributed by atoms with Crippen LogP contribution in [0.4, 0.5) is 0 Å². The Kier molecular flexibility index (Phi) is 9.36. The van der Waals surface area contributed by atoms with E-state index in [0.717, 1.165) is 6.42 Å². The van der Waals surface area contributed by atoms with Crippen LogP contribution in [-0.4, -0.2) is 42.9 Å². The third-order valence-corrected chi connectivity index (χ3v) is 3.63. The SMILES string of the molecule is Cl.NCCN(CCc1ccccc1)C(=O)CCNC(=O)c1ccco1. The monoisotopic (exact) mass is 365 g/mol. The second kappa shape index (κ2) is 11.3. The van der Waals surface area contributed by atoms with E-state index in [4.69, 9.17) is 10.2 Å². The van der Waals surface area contributed by atoms with Crippen molar-refractivity contribution in [2.75, 3.05) is 26.2 Å². The number of nitrogens with two attached hydrogens (primary N) is 1. The molecule has 6 nitrogen and oxygen atoms in total. The molecule has 0 atom stereocenters. The number of amides is 2. The highest BCUT2D eigenvalue weighted by Crippen LogP contribution is 2.03. The zero-order chi connectivity index (χ0) is 17.2. The Balaban J connectivity index is 0.00000312. The molecule has 136 valence electrons. The van der Waals surface area contributed by atoms with Crippen molar-refractivity contribution in [2.24, 2.45) is 5.73 Å². The van der Waals surface area contributed by atoms with Gasteiger partial charge in [0.2, 0.25) is 5.91 Å². The number of benzene rings is 1. The molecule has 0 saturated carbocycles. The van der Waals surface area contributed by atoms with Crippen molar-refractivity contribution >= 4 is 24.2 Å². The summed E-state index contributed by atoms with van der Waals surface area (Å²) in [6.45, 7) is 1.81. The van der Waals surface area contributed by atoms with Gasteiger partial charge in [-0.15, -0.1) is 12.4 Å². The second-order valence-electron chi connectivity index (χ2n) is 5.39. The van der Waals surface area contributed by atoms with Crippen molar-refractivity contribution in [3.8, 4) is 0 Å². The predicted octanol–water partition coefficient (Wildman–Crippen LogP) is 1.85. The van der Waals surface area contributed by atoms with E-state index < -0.39 is 0 Å². The zero-order valence-corrected chi connectivity index (χ0v) is 14.8. The van der Waals surface area contributed by atoms with Crippen molar-refractivity contribution in [3.05, 3.63) is 60.1 Å². The molecular formula is C18H24ClN3O3. The summed E-state index contributed by atoms with van der Waals surface area (Å²) < 4.78 is 5.00. The molecule has 1 aromatic carbocycles. The maximum absolute atomic E-state index is 12.3. The largest absolute Gasteiger partial charge is 0.459 e. The molecule has 25 heavy (non-hydrogen) atoms. The summed E-state index contributed by atoms with van der Waals surface area (Å²) in [6.07, 6.45) is 2.46. The van der Waals surface area contributed by atoms with Crippen molar-refractivity contribution in [1.29, 1.82) is 0 Å². The van der Waals surface area contributed by atoms with Gasteiger partial charge in [-0.1, -0.05) is 30.3 Å². The predicted molar refractivity (Wildman–Crippen MR) is 98.7 cm³/mol. The fraction of sp³-hybridized carbons (Fsp3) is 0.333. The van der Waals surface area contributed by atoms with Crippen LogP contribution < -0.4 is 11.1 Å². The highest BCUT2D eigenvalue weighted by atomic mass is 35.5. The maximum Gasteiger partial charge on any atom is 0.286 e. The van der Waals surface area contributed by atoms with Crippen LogP contribution in [0.2, 0.25) is 0 Å². The summed E-state index contributed by atoms with van der Waals surface area (Å²) >= 11 is 0. The van der Waals surface area contributed by atoms with Gasteiger partial charge in [0, 0.05) is 32.6 Å². The second-order valence-corrected chi connectivity index (χ2v) is 5.39. The minimum absolute atomic E-state index is 0. The number of nitrogens with one attached hydrogen (secondary N) is 1. The van der Waals surface area contributed by atoms with Crippen LogP contribution in [-0.2, 0) is 11.2 Å². The average Bonchev–Trinajstić information content (AvgIpc) is 3.14. The first kappa shape index (κ1) is 20.7. The number of rotatable bonds is 9. The first-order valence-electron chi connectivity index (χ1n) is 8.04. The van der Waals surface area contributed by atoms with Crippen LogP contribution in [0.15, 0.2) is 53.1 Å². The molecule has 2 rings (SSSR count). The van der Waals surface area contributed by atoms with Gasteiger partial charge in [-0.2, -0.15) is 0 Å². The van der Waals surface area contributed by atoms with Gasteiger partial charge < -0.3 is 20.4 Å². The average molecular weight is 366 g/mol. The first-order chi connectivity index (χ1) is 11.7. The van der Waals surface area contributed by atoms with Gasteiger partial charge in [0.1, 0.15) is 0 Å². The van der Waals surface area contributed by atoms with Crippen LogP contribution in [0, 0.1) is 0 Å². The quantitative estimate of drug-likeness (QED) is 0.709. The van der Waals surface area contributed by atoms with Gasteiger partial charge in [0.05, 0.1) is 6.26 Å². The van der Waals surface area contributed by atoms with Gasteiger partial charge in [-0.25, -0.2) is 0 Å². The summed E-state index contributed by atoms with van der Waals surface area (Å²) in [4.78, 5) is 25.8. The number of furan rings is 1. The Bertz CT molecular complexity index is 632. The molecule has 0 radical (unpaired) electrons. The molecule has 1 heterocycles. The lowest BCUT2D eigenvalue weighted by Gasteiger charge is -2.22. The van der Waals surface area contributed by atoms with Crippen LogP contribution in [0.5, 0.6) is 0 Å². The van der Waals surface area contributed by atoms with Crippen molar-refractivity contribution in [1.82, 2.24) is 10.2 Å². The fourth-order valence-electron chi connectivity index (χ4n) is 2.36. The van der Waals surface area contributed by atoms with Gasteiger partial charge in [-0.3, -0.25) is 9.59 Å². The number of hydrogen-bond acceptors (Lipinski definition) is 4. The molecule has 1 aromatic heterocycles. The molecule has 2 amide bonds. The Labute approximate surface area is 153 Å². The van der Waals surface area contributed by atoms with E-state index in [2.05, 4.69) is 5.32 Å². The Morgan fingerprint density at radius 1 is 1.08 bits per heavy atom. The molecule has 0 aliphatic heterocycles. The number of carbonyl (C=O) groups excluding carboxylic acids is 2. The molecule has 0 fully saturated rings. The van der Waals surface area contributed by atoms with E-state index >= 15 is 0 Å². The summed E-state index contributed by atoms with van der Waals surface area (Å²) in [5, 5.41) is 2.68. The van der Waals surface area contributed by atoms with E-state index in [1.807, 2.05) is 30.3 Å². The van der Waals surface area contributed by atoms with E-state index in [-0.39, 0.29) is 42.9 Å². The van der Waals surface area contributed by atoms with Gasteiger partial charge in [-0.05, 0) is 24.1 Å². The standard InChI is InChI=1S/C18H23N3O3.ClH/c19-10-13-21(12-9-15-5-2-1-3-6-15)17(22)8-11-20-18(23)16-7-4-14-24-16;/h1-7,14H,8-13,19H2,(H,20,23);1H. The van der Waals surface area contributed by atoms with Gasteiger partial charge in [0.25, 0.3) is 5.91 Å². The van der Waals surface area contributed by atoms with Crippen molar-refractivity contribution in [3.63, 3.8) is 0 Å². The molecule has 0 bridgehead atoms. The molecule has 2 aromatic rings. The lowest BCUT2D eigenvalue weighted by molar-refractivity contribution is -0.130. The van der Waals surface area contributed by atoms with Crippen LogP contribution >= 0.6 is 12.4 Å². The van der Waals surface area contributed by atoms with E-state index in [0.29, 0.717) is 19.6 Å². The molecule has 7 heteroatoms. The molecule has 0 spiro atoms. The molecule has 0 unspecified atom stereocenters. The maximum atomic E-state index is 12.3.